The molecule has 0 aliphatic carbocycles. The summed E-state index contributed by atoms with van der Waals surface area (Å²) in [6.45, 7) is 0. The third kappa shape index (κ3) is 5.50. The van der Waals surface area contributed by atoms with Gasteiger partial charge in [-0.1, -0.05) is 109 Å². The van der Waals surface area contributed by atoms with Crippen molar-refractivity contribution in [2.45, 2.75) is 0 Å². The quantitative estimate of drug-likeness (QED) is 0.164. The van der Waals surface area contributed by atoms with Gasteiger partial charge in [0.25, 0.3) is 0 Å². The van der Waals surface area contributed by atoms with Crippen LogP contribution < -0.4 is 0 Å². The molecule has 15 aromatic rings. The van der Waals surface area contributed by atoms with E-state index in [9.17, 15) is 5.26 Å². The fraction of sp³-hybridized carbons (Fsp3) is 0. The molecule has 15 rings (SSSR count). The van der Waals surface area contributed by atoms with Crippen molar-refractivity contribution in [3.63, 3.8) is 0 Å². The molecule has 0 unspecified atom stereocenters. The van der Waals surface area contributed by atoms with Gasteiger partial charge in [-0.05, 0) is 84.9 Å². The fourth-order valence-electron chi connectivity index (χ4n) is 11.4. The van der Waals surface area contributed by atoms with Gasteiger partial charge in [0, 0.05) is 73.4 Å². The van der Waals surface area contributed by atoms with E-state index in [1.165, 1.54) is 0 Å². The molecule has 0 fully saturated rings. The summed E-state index contributed by atoms with van der Waals surface area (Å²) in [4.78, 5) is 26.6. The summed E-state index contributed by atoms with van der Waals surface area (Å²) in [5.74, 6) is 0. The molecule has 72 heavy (non-hydrogen) atoms. The minimum atomic E-state index is 0.382. The van der Waals surface area contributed by atoms with Crippen molar-refractivity contribution in [1.29, 1.82) is 5.26 Å². The molecule has 0 radical (unpaired) electrons. The zero-order valence-electron chi connectivity index (χ0n) is 38.3. The number of para-hydroxylation sites is 4. The van der Waals surface area contributed by atoms with E-state index in [2.05, 4.69) is 164 Å². The first-order valence-electron chi connectivity index (χ1n) is 23.8. The summed E-state index contributed by atoms with van der Waals surface area (Å²) >= 11 is 0. The van der Waals surface area contributed by atoms with Crippen LogP contribution in [-0.4, -0.2) is 43.2 Å². The first kappa shape index (κ1) is 39.7. The molecular formula is C62H36N10. The highest BCUT2D eigenvalue weighted by Crippen LogP contribution is 2.51. The molecule has 0 saturated carbocycles. The number of pyridine rings is 5. The molecule has 9 aromatic heterocycles. The van der Waals surface area contributed by atoms with Gasteiger partial charge in [0.05, 0.1) is 61.8 Å². The van der Waals surface area contributed by atoms with E-state index in [0.717, 1.165) is 93.4 Å². The van der Waals surface area contributed by atoms with Crippen LogP contribution in [-0.2, 0) is 0 Å². The summed E-state index contributed by atoms with van der Waals surface area (Å²) in [6, 6.07) is 69.3. The van der Waals surface area contributed by atoms with Crippen LogP contribution in [0, 0.1) is 11.3 Å². The molecule has 0 spiro atoms. The maximum Gasteiger partial charge on any atom is 0.145 e. The second-order valence-electron chi connectivity index (χ2n) is 17.9. The van der Waals surface area contributed by atoms with Crippen LogP contribution in [0.25, 0.3) is 133 Å². The highest BCUT2D eigenvalue weighted by molar-refractivity contribution is 6.15. The Labute approximate surface area is 410 Å². The average Bonchev–Trinajstić information content (AvgIpc) is 4.18. The van der Waals surface area contributed by atoms with E-state index < -0.39 is 0 Å². The molecule has 0 amide bonds. The van der Waals surface area contributed by atoms with Crippen LogP contribution in [0.2, 0.25) is 0 Å². The highest BCUT2D eigenvalue weighted by Gasteiger charge is 2.36. The Morgan fingerprint density at radius 3 is 1.11 bits per heavy atom. The van der Waals surface area contributed by atoms with Crippen molar-refractivity contribution in [2.24, 2.45) is 0 Å². The number of benzene rings is 6. The van der Waals surface area contributed by atoms with Crippen LogP contribution in [0.3, 0.4) is 0 Å². The van der Waals surface area contributed by atoms with Crippen molar-refractivity contribution < 1.29 is 0 Å². The Balaban J connectivity index is 1.31. The van der Waals surface area contributed by atoms with E-state index >= 15 is 0 Å². The lowest BCUT2D eigenvalue weighted by molar-refractivity contribution is 1.00. The third-order valence-electron chi connectivity index (χ3n) is 14.2. The summed E-state index contributed by atoms with van der Waals surface area (Å²) in [5, 5.41) is 20.5. The minimum Gasteiger partial charge on any atom is -0.292 e. The van der Waals surface area contributed by atoms with Crippen LogP contribution in [0.15, 0.2) is 219 Å². The van der Waals surface area contributed by atoms with Gasteiger partial charge < -0.3 is 0 Å². The number of nitrogens with zero attached hydrogens (tertiary/aromatic N) is 10. The smallest absolute Gasteiger partial charge is 0.145 e. The number of hydrogen-bond donors (Lipinski definition) is 0. The van der Waals surface area contributed by atoms with Gasteiger partial charge in [0.2, 0.25) is 0 Å². The predicted octanol–water partition coefficient (Wildman–Crippen LogP) is 14.3. The van der Waals surface area contributed by atoms with Crippen molar-refractivity contribution in [2.75, 3.05) is 0 Å². The number of hydrogen-bond acceptors (Lipinski definition) is 6. The van der Waals surface area contributed by atoms with Gasteiger partial charge in [-0.25, -0.2) is 24.9 Å². The topological polar surface area (TPSA) is 108 Å². The summed E-state index contributed by atoms with van der Waals surface area (Å²) in [6.07, 6.45) is 7.35. The zero-order valence-corrected chi connectivity index (χ0v) is 38.3. The Kier molecular flexibility index (Phi) is 8.49. The number of rotatable bonds is 6. The molecule has 0 aliphatic heterocycles. The van der Waals surface area contributed by atoms with E-state index in [-0.39, 0.29) is 0 Å². The van der Waals surface area contributed by atoms with Gasteiger partial charge in [-0.15, -0.1) is 0 Å². The Hall–Kier alpha value is -10.2. The van der Waals surface area contributed by atoms with Crippen LogP contribution in [0.1, 0.15) is 5.56 Å². The Morgan fingerprint density at radius 2 is 0.667 bits per heavy atom. The van der Waals surface area contributed by atoms with E-state index in [1.807, 2.05) is 79.4 Å². The first-order valence-corrected chi connectivity index (χ1v) is 23.8. The van der Waals surface area contributed by atoms with Crippen molar-refractivity contribution in [3.8, 4) is 51.3 Å². The van der Waals surface area contributed by atoms with Gasteiger partial charge in [0.15, 0.2) is 0 Å². The van der Waals surface area contributed by atoms with Crippen LogP contribution >= 0.6 is 0 Å². The van der Waals surface area contributed by atoms with Gasteiger partial charge in [-0.3, -0.25) is 18.3 Å². The van der Waals surface area contributed by atoms with E-state index in [4.69, 9.17) is 24.9 Å². The van der Waals surface area contributed by atoms with Crippen molar-refractivity contribution >= 4 is 87.7 Å². The zero-order chi connectivity index (χ0) is 47.4. The fourth-order valence-corrected chi connectivity index (χ4v) is 11.4. The molecule has 0 bridgehead atoms. The molecule has 9 heterocycles. The second kappa shape index (κ2) is 15.4. The molecule has 334 valence electrons. The largest absolute Gasteiger partial charge is 0.292 e. The highest BCUT2D eigenvalue weighted by atomic mass is 15.2. The lowest BCUT2D eigenvalue weighted by atomic mass is 9.95. The summed E-state index contributed by atoms with van der Waals surface area (Å²) in [7, 11) is 0. The number of aromatic nitrogens is 9. The predicted molar refractivity (Wildman–Crippen MR) is 288 cm³/mol. The molecule has 0 saturated heterocycles. The Morgan fingerprint density at radius 1 is 0.306 bits per heavy atom. The molecule has 0 N–H and O–H groups in total. The van der Waals surface area contributed by atoms with E-state index in [1.54, 1.807) is 0 Å². The van der Waals surface area contributed by atoms with Gasteiger partial charge in [0.1, 0.15) is 34.2 Å². The number of nitriles is 1. The molecule has 0 aliphatic rings. The van der Waals surface area contributed by atoms with Crippen LogP contribution in [0.4, 0.5) is 0 Å². The van der Waals surface area contributed by atoms with Crippen LogP contribution in [0.5, 0.6) is 0 Å². The maximum absolute atomic E-state index is 12.6. The summed E-state index contributed by atoms with van der Waals surface area (Å²) < 4.78 is 8.91. The Bertz CT molecular complexity index is 4570. The first-order chi connectivity index (χ1) is 35.8. The maximum atomic E-state index is 12.6. The van der Waals surface area contributed by atoms with Crippen molar-refractivity contribution in [3.05, 3.63) is 224 Å². The standard InChI is InChI=1S/C62H36N10/c63-37-47-55(69-50-29-8-4-19-39(50)43-23-13-33-64-59(43)69)54(49-28-12-27-48(68-49)38-17-2-1-3-18-38)57(71-52-31-10-6-21-41(52)45-25-15-35-66-61(45)71)58(72-53-32-11-7-22-42(53)46-26-16-36-67-62(46)72)56(47)70-51-30-9-5-20-40(51)44-24-14-34-65-60(44)70/h1-36H. The lowest BCUT2D eigenvalue weighted by Gasteiger charge is -2.28. The number of fused-ring (bicyclic) bond motifs is 12. The molecule has 10 nitrogen and oxygen atoms in total. The van der Waals surface area contributed by atoms with Gasteiger partial charge in [-0.2, -0.15) is 5.26 Å². The summed E-state index contributed by atoms with van der Waals surface area (Å²) in [5.41, 5.74) is 12.5. The van der Waals surface area contributed by atoms with Gasteiger partial charge >= 0.3 is 0 Å². The third-order valence-corrected chi connectivity index (χ3v) is 14.2. The molecule has 10 heteroatoms. The normalized spacial score (nSPS) is 11.9. The molecular weight excluding hydrogens is 885 g/mol. The molecule has 6 aromatic carbocycles. The SMILES string of the molecule is N#Cc1c(-n2c3ccccc3c3cccnc32)c(-c2cccc(-c3ccccc3)n2)c(-n2c3ccccc3c3cccnc32)c(-n2c3ccccc3c3cccnc32)c1-n1c2ccccc2c2cccnc21. The lowest BCUT2D eigenvalue weighted by Crippen LogP contribution is -2.17. The average molecular weight is 921 g/mol. The minimum absolute atomic E-state index is 0.382. The van der Waals surface area contributed by atoms with Crippen molar-refractivity contribution in [1.82, 2.24) is 43.2 Å². The van der Waals surface area contributed by atoms with E-state index in [0.29, 0.717) is 45.2 Å². The second-order valence-corrected chi connectivity index (χ2v) is 17.9. The molecule has 0 atom stereocenters. The monoisotopic (exact) mass is 920 g/mol.